The number of carbonyl (C=O) groups is 5. The molecular formula is C37H51N9O9. The summed E-state index contributed by atoms with van der Waals surface area (Å²) in [5.74, 6) is -2.30. The van der Waals surface area contributed by atoms with Gasteiger partial charge in [-0.25, -0.2) is 19.7 Å². The number of ether oxygens (including phenoxy) is 2. The van der Waals surface area contributed by atoms with Crippen LogP contribution in [0.4, 0.5) is 4.79 Å². The van der Waals surface area contributed by atoms with Gasteiger partial charge in [-0.1, -0.05) is 60.7 Å². The SMILES string of the molecule is N/C(=N\[N+](=O)[O-])NCCCC(NC(=O)C1CCCN1C(=O)C1CCCN1C(=O)C(N)CCCCNC(=O)OCc1ccccc1)C(=O)OCc1ccccc1. The van der Waals surface area contributed by atoms with Crippen LogP contribution in [-0.4, -0.2) is 101 Å². The highest BCUT2D eigenvalue weighted by molar-refractivity contribution is 5.95. The van der Waals surface area contributed by atoms with Crippen LogP contribution in [-0.2, 0) is 41.9 Å². The number of esters is 1. The van der Waals surface area contributed by atoms with E-state index in [1.807, 2.05) is 36.4 Å². The maximum absolute atomic E-state index is 13.9. The molecule has 2 saturated heterocycles. The Kier molecular flexibility index (Phi) is 16.6. The summed E-state index contributed by atoms with van der Waals surface area (Å²) in [6.45, 7) is 1.30. The van der Waals surface area contributed by atoms with E-state index in [2.05, 4.69) is 21.1 Å². The van der Waals surface area contributed by atoms with E-state index in [0.717, 1.165) is 11.1 Å². The molecule has 2 aromatic carbocycles. The van der Waals surface area contributed by atoms with E-state index < -0.39 is 53.1 Å². The van der Waals surface area contributed by atoms with Crippen molar-refractivity contribution < 1.29 is 38.5 Å². The number of unbranched alkanes of at least 4 members (excludes halogenated alkanes) is 1. The van der Waals surface area contributed by atoms with E-state index in [1.165, 1.54) is 9.80 Å². The average molecular weight is 766 g/mol. The largest absolute Gasteiger partial charge is 0.459 e. The topological polar surface area (TPSA) is 254 Å². The minimum absolute atomic E-state index is 0.0187. The molecule has 2 heterocycles. The van der Waals surface area contributed by atoms with E-state index in [0.29, 0.717) is 64.6 Å². The standard InChI is InChI=1S/C37H51N9O9/c38-28(16-7-8-20-41-37(51)55-25-27-14-5-2-6-15-27)33(48)45-23-11-19-31(45)34(49)44-22-10-18-30(44)32(47)42-29(17-9-21-40-36(39)43-46(52)53)35(50)54-24-26-12-3-1-4-13-26/h1-6,12-15,28-31H,7-11,16-25,38H2,(H,41,51)(H,42,47)(H3,39,40,43). The van der Waals surface area contributed by atoms with Gasteiger partial charge in [-0.3, -0.25) is 14.4 Å². The van der Waals surface area contributed by atoms with E-state index in [9.17, 15) is 34.1 Å². The molecule has 4 atom stereocenters. The molecule has 4 unspecified atom stereocenters. The Bertz CT molecular complexity index is 1630. The summed E-state index contributed by atoms with van der Waals surface area (Å²) in [5.41, 5.74) is 13.4. The third kappa shape index (κ3) is 13.5. The molecule has 2 aliphatic heterocycles. The molecule has 4 rings (SSSR count). The lowest BCUT2D eigenvalue weighted by molar-refractivity contribution is -0.485. The Hall–Kier alpha value is -5.78. The quantitative estimate of drug-likeness (QED) is 0.0341. The minimum atomic E-state index is -1.08. The van der Waals surface area contributed by atoms with Crippen molar-refractivity contribution in [2.75, 3.05) is 26.2 Å². The molecular weight excluding hydrogens is 714 g/mol. The highest BCUT2D eigenvalue weighted by Crippen LogP contribution is 2.26. The molecule has 18 heteroatoms. The van der Waals surface area contributed by atoms with Crippen LogP contribution in [0, 0.1) is 10.1 Å². The van der Waals surface area contributed by atoms with Gasteiger partial charge in [0.1, 0.15) is 36.4 Å². The van der Waals surface area contributed by atoms with Gasteiger partial charge < -0.3 is 46.7 Å². The van der Waals surface area contributed by atoms with Gasteiger partial charge in [-0.05, 0) is 68.9 Å². The van der Waals surface area contributed by atoms with Crippen molar-refractivity contribution in [3.8, 4) is 0 Å². The maximum atomic E-state index is 13.9. The zero-order valence-electron chi connectivity index (χ0n) is 30.8. The van der Waals surface area contributed by atoms with Crippen LogP contribution < -0.4 is 27.4 Å². The molecule has 0 spiro atoms. The summed E-state index contributed by atoms with van der Waals surface area (Å²) in [5, 5.41) is 20.6. The van der Waals surface area contributed by atoms with Crippen LogP contribution >= 0.6 is 0 Å². The summed E-state index contributed by atoms with van der Waals surface area (Å²) < 4.78 is 10.7. The van der Waals surface area contributed by atoms with Gasteiger partial charge >= 0.3 is 12.1 Å². The highest BCUT2D eigenvalue weighted by Gasteiger charge is 2.43. The monoisotopic (exact) mass is 765 g/mol. The summed E-state index contributed by atoms with van der Waals surface area (Å²) in [6, 6.07) is 14.8. The van der Waals surface area contributed by atoms with Gasteiger partial charge in [0, 0.05) is 26.2 Å². The number of rotatable bonds is 19. The van der Waals surface area contributed by atoms with Crippen LogP contribution in [0.25, 0.3) is 0 Å². The van der Waals surface area contributed by atoms with Crippen molar-refractivity contribution in [2.45, 2.75) is 95.2 Å². The number of nitro groups is 1. The van der Waals surface area contributed by atoms with Crippen molar-refractivity contribution >= 4 is 35.7 Å². The molecule has 0 saturated carbocycles. The molecule has 0 radical (unpaired) electrons. The number of alkyl carbamates (subject to hydrolysis) is 1. The van der Waals surface area contributed by atoms with Crippen LogP contribution in [0.5, 0.6) is 0 Å². The van der Waals surface area contributed by atoms with Gasteiger partial charge in [0.25, 0.3) is 5.96 Å². The van der Waals surface area contributed by atoms with Crippen LogP contribution in [0.2, 0.25) is 0 Å². The van der Waals surface area contributed by atoms with Gasteiger partial charge in [0.05, 0.1) is 6.04 Å². The molecule has 18 nitrogen and oxygen atoms in total. The van der Waals surface area contributed by atoms with E-state index in [4.69, 9.17) is 20.9 Å². The lowest BCUT2D eigenvalue weighted by atomic mass is 10.1. The average Bonchev–Trinajstić information content (AvgIpc) is 3.88. The Balaban J connectivity index is 1.27. The van der Waals surface area contributed by atoms with Crippen molar-refractivity contribution in [2.24, 2.45) is 16.6 Å². The summed E-state index contributed by atoms with van der Waals surface area (Å²) in [6.07, 6.45) is 3.31. The lowest BCUT2D eigenvalue weighted by Crippen LogP contribution is -2.56. The number of hydrogen-bond acceptors (Lipinski definition) is 10. The van der Waals surface area contributed by atoms with Crippen molar-refractivity contribution in [3.05, 3.63) is 81.9 Å². The maximum Gasteiger partial charge on any atom is 0.407 e. The molecule has 55 heavy (non-hydrogen) atoms. The second-order valence-corrected chi connectivity index (χ2v) is 13.4. The number of hydrogen-bond donors (Lipinski definition) is 5. The number of guanidine groups is 1. The zero-order valence-corrected chi connectivity index (χ0v) is 30.8. The Morgan fingerprint density at radius 3 is 2.07 bits per heavy atom. The fourth-order valence-electron chi connectivity index (χ4n) is 6.56. The smallest absolute Gasteiger partial charge is 0.407 e. The normalized spacial score (nSPS) is 17.9. The molecule has 298 valence electrons. The Labute approximate surface area is 319 Å². The van der Waals surface area contributed by atoms with Crippen LogP contribution in [0.3, 0.4) is 0 Å². The number of benzene rings is 2. The van der Waals surface area contributed by atoms with Gasteiger partial charge in [0.15, 0.2) is 5.03 Å². The minimum Gasteiger partial charge on any atom is -0.459 e. The number of hydrazone groups is 1. The number of nitrogens with one attached hydrogen (secondary N) is 3. The second-order valence-electron chi connectivity index (χ2n) is 13.4. The van der Waals surface area contributed by atoms with Crippen LogP contribution in [0.1, 0.15) is 68.9 Å². The number of amides is 4. The summed E-state index contributed by atoms with van der Waals surface area (Å²) in [4.78, 5) is 79.8. The lowest BCUT2D eigenvalue weighted by Gasteiger charge is -2.32. The molecule has 4 amide bonds. The fourth-order valence-corrected chi connectivity index (χ4v) is 6.56. The molecule has 0 aliphatic carbocycles. The Morgan fingerprint density at radius 1 is 0.818 bits per heavy atom. The van der Waals surface area contributed by atoms with E-state index in [-0.39, 0.29) is 44.4 Å². The predicted octanol–water partition coefficient (Wildman–Crippen LogP) is 1.50. The third-order valence-electron chi connectivity index (χ3n) is 9.39. The number of nitrogens with zero attached hydrogens (tertiary/aromatic N) is 4. The van der Waals surface area contributed by atoms with Gasteiger partial charge in [-0.15, -0.1) is 0 Å². The Morgan fingerprint density at radius 2 is 1.42 bits per heavy atom. The van der Waals surface area contributed by atoms with Gasteiger partial charge in [-0.2, -0.15) is 0 Å². The van der Waals surface area contributed by atoms with Crippen LogP contribution in [0.15, 0.2) is 65.8 Å². The molecule has 0 aromatic heterocycles. The van der Waals surface area contributed by atoms with E-state index >= 15 is 0 Å². The first-order valence-corrected chi connectivity index (χ1v) is 18.6. The van der Waals surface area contributed by atoms with Crippen molar-refractivity contribution in [1.82, 2.24) is 25.8 Å². The number of nitrogens with two attached hydrogens (primary N) is 2. The molecule has 2 fully saturated rings. The molecule has 2 aromatic rings. The first-order valence-electron chi connectivity index (χ1n) is 18.6. The fraction of sp³-hybridized carbons (Fsp3) is 0.514. The molecule has 2 aliphatic rings. The number of likely N-dealkylation sites (tertiary alicyclic amines) is 2. The first-order chi connectivity index (χ1) is 26.5. The third-order valence-corrected chi connectivity index (χ3v) is 9.39. The molecule has 7 N–H and O–H groups in total. The predicted molar refractivity (Wildman–Crippen MR) is 200 cm³/mol. The second kappa shape index (κ2) is 21.8. The highest BCUT2D eigenvalue weighted by atomic mass is 16.7. The molecule has 0 bridgehead atoms. The van der Waals surface area contributed by atoms with Gasteiger partial charge in [0.2, 0.25) is 17.7 Å². The zero-order chi connectivity index (χ0) is 39.6. The first kappa shape index (κ1) is 42.0. The summed E-state index contributed by atoms with van der Waals surface area (Å²) >= 11 is 0. The van der Waals surface area contributed by atoms with E-state index in [1.54, 1.807) is 24.3 Å². The summed E-state index contributed by atoms with van der Waals surface area (Å²) in [7, 11) is 0. The van der Waals surface area contributed by atoms with Crippen molar-refractivity contribution in [3.63, 3.8) is 0 Å². The number of carbonyl (C=O) groups excluding carboxylic acids is 5. The van der Waals surface area contributed by atoms with Crippen molar-refractivity contribution in [1.29, 1.82) is 0 Å².